The molecule has 66 valence electrons. The van der Waals surface area contributed by atoms with E-state index in [9.17, 15) is 4.79 Å². The summed E-state index contributed by atoms with van der Waals surface area (Å²) in [6, 6.07) is 7.41. The Hall–Kier alpha value is -1.51. The zero-order chi connectivity index (χ0) is 8.84. The van der Waals surface area contributed by atoms with Crippen molar-refractivity contribution in [2.45, 2.75) is 12.6 Å². The molecule has 1 aromatic rings. The zero-order valence-electron chi connectivity index (χ0n) is 7.06. The number of rotatable bonds is 0. The molecule has 1 aromatic carbocycles. The number of ether oxygens (including phenoxy) is 1. The predicted molar refractivity (Wildman–Crippen MR) is 46.5 cm³/mol. The standard InChI is InChI=1S/C10H9NO2/c12-10-7-3-1-2-4-8(7)13-9-5-6-11(9)10/h1-4,9H,5-6H2. The molecule has 1 atom stereocenters. The summed E-state index contributed by atoms with van der Waals surface area (Å²) in [4.78, 5) is 13.5. The van der Waals surface area contributed by atoms with Crippen molar-refractivity contribution >= 4 is 5.91 Å². The van der Waals surface area contributed by atoms with E-state index in [2.05, 4.69) is 0 Å². The first-order valence-electron chi connectivity index (χ1n) is 4.43. The van der Waals surface area contributed by atoms with E-state index in [4.69, 9.17) is 4.74 Å². The van der Waals surface area contributed by atoms with E-state index in [0.29, 0.717) is 5.56 Å². The van der Waals surface area contributed by atoms with Gasteiger partial charge >= 0.3 is 0 Å². The maximum atomic E-state index is 11.7. The third-order valence-corrected chi connectivity index (χ3v) is 2.61. The molecular formula is C10H9NO2. The molecule has 1 amide bonds. The molecule has 13 heavy (non-hydrogen) atoms. The van der Waals surface area contributed by atoms with Gasteiger partial charge in [-0.15, -0.1) is 0 Å². The summed E-state index contributed by atoms with van der Waals surface area (Å²) in [5.41, 5.74) is 0.693. The molecule has 0 saturated carbocycles. The van der Waals surface area contributed by atoms with Gasteiger partial charge in [-0.05, 0) is 12.1 Å². The van der Waals surface area contributed by atoms with Gasteiger partial charge < -0.3 is 9.64 Å². The van der Waals surface area contributed by atoms with Crippen molar-refractivity contribution in [1.29, 1.82) is 0 Å². The average Bonchev–Trinajstić information content (AvgIpc) is 2.11. The Balaban J connectivity index is 2.11. The van der Waals surface area contributed by atoms with E-state index in [1.54, 1.807) is 4.90 Å². The third kappa shape index (κ3) is 0.813. The van der Waals surface area contributed by atoms with Crippen LogP contribution in [0.3, 0.4) is 0 Å². The van der Waals surface area contributed by atoms with Crippen molar-refractivity contribution in [1.82, 2.24) is 4.90 Å². The molecule has 0 spiro atoms. The molecule has 3 rings (SSSR count). The van der Waals surface area contributed by atoms with Crippen LogP contribution in [-0.4, -0.2) is 23.6 Å². The minimum Gasteiger partial charge on any atom is -0.470 e. The van der Waals surface area contributed by atoms with Gasteiger partial charge in [-0.3, -0.25) is 4.79 Å². The van der Waals surface area contributed by atoms with Crippen molar-refractivity contribution in [3.8, 4) is 5.75 Å². The molecular weight excluding hydrogens is 166 g/mol. The topological polar surface area (TPSA) is 29.5 Å². The Morgan fingerprint density at radius 2 is 2.23 bits per heavy atom. The molecule has 0 N–H and O–H groups in total. The molecule has 0 aliphatic carbocycles. The second-order valence-electron chi connectivity index (χ2n) is 3.36. The van der Waals surface area contributed by atoms with Gasteiger partial charge in [0.05, 0.1) is 5.56 Å². The lowest BCUT2D eigenvalue weighted by Crippen LogP contribution is -2.56. The van der Waals surface area contributed by atoms with E-state index in [-0.39, 0.29) is 12.1 Å². The Kier molecular flexibility index (Phi) is 1.20. The van der Waals surface area contributed by atoms with E-state index in [0.717, 1.165) is 18.7 Å². The first-order chi connectivity index (χ1) is 6.36. The van der Waals surface area contributed by atoms with Gasteiger partial charge in [-0.1, -0.05) is 12.1 Å². The highest BCUT2D eigenvalue weighted by atomic mass is 16.5. The molecule has 2 aliphatic heterocycles. The van der Waals surface area contributed by atoms with Crippen LogP contribution < -0.4 is 4.74 Å². The fourth-order valence-electron chi connectivity index (χ4n) is 1.77. The van der Waals surface area contributed by atoms with Crippen LogP contribution in [0.15, 0.2) is 24.3 Å². The first kappa shape index (κ1) is 6.95. The first-order valence-corrected chi connectivity index (χ1v) is 4.43. The third-order valence-electron chi connectivity index (χ3n) is 2.61. The number of fused-ring (bicyclic) bond motifs is 2. The lowest BCUT2D eigenvalue weighted by molar-refractivity contribution is -0.0456. The van der Waals surface area contributed by atoms with E-state index < -0.39 is 0 Å². The monoisotopic (exact) mass is 175 g/mol. The maximum absolute atomic E-state index is 11.7. The summed E-state index contributed by atoms with van der Waals surface area (Å²) in [5.74, 6) is 0.839. The molecule has 0 radical (unpaired) electrons. The minimum absolute atomic E-state index is 0.00222. The fourth-order valence-corrected chi connectivity index (χ4v) is 1.77. The van der Waals surface area contributed by atoms with Crippen LogP contribution in [0.2, 0.25) is 0 Å². The summed E-state index contributed by atoms with van der Waals surface area (Å²) < 4.78 is 5.61. The SMILES string of the molecule is O=C1c2ccccc2OC2CCN12. The molecule has 2 aliphatic rings. The number of nitrogens with zero attached hydrogens (tertiary/aromatic N) is 1. The molecule has 3 nitrogen and oxygen atoms in total. The molecule has 1 fully saturated rings. The minimum atomic E-state index is 0.00222. The number of hydrogen-bond donors (Lipinski definition) is 0. The van der Waals surface area contributed by atoms with Crippen LogP contribution in [0.4, 0.5) is 0 Å². The van der Waals surface area contributed by atoms with Crippen LogP contribution in [0.25, 0.3) is 0 Å². The summed E-state index contributed by atoms with van der Waals surface area (Å²) in [6.45, 7) is 0.831. The Morgan fingerprint density at radius 1 is 1.38 bits per heavy atom. The van der Waals surface area contributed by atoms with E-state index in [1.165, 1.54) is 0 Å². The van der Waals surface area contributed by atoms with Crippen molar-refractivity contribution < 1.29 is 9.53 Å². The van der Waals surface area contributed by atoms with Crippen molar-refractivity contribution in [2.24, 2.45) is 0 Å². The predicted octanol–water partition coefficient (Wildman–Crippen LogP) is 1.25. The number of amides is 1. The summed E-state index contributed by atoms with van der Waals surface area (Å²) >= 11 is 0. The second-order valence-corrected chi connectivity index (χ2v) is 3.36. The highest BCUT2D eigenvalue weighted by Gasteiger charge is 2.39. The van der Waals surface area contributed by atoms with Crippen LogP contribution >= 0.6 is 0 Å². The molecule has 1 unspecified atom stereocenters. The van der Waals surface area contributed by atoms with Gasteiger partial charge in [0.2, 0.25) is 0 Å². The number of carbonyl (C=O) groups excluding carboxylic acids is 1. The lowest BCUT2D eigenvalue weighted by Gasteiger charge is -2.44. The zero-order valence-corrected chi connectivity index (χ0v) is 7.06. The van der Waals surface area contributed by atoms with Gasteiger partial charge in [0.25, 0.3) is 5.91 Å². The van der Waals surface area contributed by atoms with Crippen LogP contribution in [0, 0.1) is 0 Å². The molecule has 0 aromatic heterocycles. The van der Waals surface area contributed by atoms with Crippen LogP contribution in [0.5, 0.6) is 5.75 Å². The van der Waals surface area contributed by atoms with Gasteiger partial charge in [-0.25, -0.2) is 0 Å². The Bertz CT molecular complexity index is 375. The summed E-state index contributed by atoms with van der Waals surface area (Å²) in [5, 5.41) is 0. The van der Waals surface area contributed by atoms with Gasteiger partial charge in [0, 0.05) is 13.0 Å². The van der Waals surface area contributed by atoms with E-state index >= 15 is 0 Å². The summed E-state index contributed by atoms with van der Waals surface area (Å²) in [6.07, 6.45) is 0.961. The van der Waals surface area contributed by atoms with Gasteiger partial charge in [0.1, 0.15) is 5.75 Å². The largest absolute Gasteiger partial charge is 0.470 e. The number of benzene rings is 1. The van der Waals surface area contributed by atoms with Crippen LogP contribution in [-0.2, 0) is 0 Å². The normalized spacial score (nSPS) is 24.2. The van der Waals surface area contributed by atoms with Gasteiger partial charge in [-0.2, -0.15) is 0 Å². The lowest BCUT2D eigenvalue weighted by atomic mass is 10.1. The van der Waals surface area contributed by atoms with Crippen molar-refractivity contribution in [2.75, 3.05) is 6.54 Å². The van der Waals surface area contributed by atoms with Gasteiger partial charge in [0.15, 0.2) is 6.23 Å². The quantitative estimate of drug-likeness (QED) is 0.594. The number of hydrogen-bond acceptors (Lipinski definition) is 2. The Labute approximate surface area is 75.9 Å². The van der Waals surface area contributed by atoms with Crippen molar-refractivity contribution in [3.63, 3.8) is 0 Å². The molecule has 3 heteroatoms. The average molecular weight is 175 g/mol. The second kappa shape index (κ2) is 2.25. The number of carbonyl (C=O) groups is 1. The maximum Gasteiger partial charge on any atom is 0.260 e. The number of para-hydroxylation sites is 1. The highest BCUT2D eigenvalue weighted by molar-refractivity contribution is 5.98. The molecule has 2 heterocycles. The summed E-state index contributed by atoms with van der Waals surface area (Å²) in [7, 11) is 0. The van der Waals surface area contributed by atoms with Crippen molar-refractivity contribution in [3.05, 3.63) is 29.8 Å². The molecule has 1 saturated heterocycles. The fraction of sp³-hybridized carbons (Fsp3) is 0.300. The highest BCUT2D eigenvalue weighted by Crippen LogP contribution is 2.33. The van der Waals surface area contributed by atoms with E-state index in [1.807, 2.05) is 24.3 Å². The smallest absolute Gasteiger partial charge is 0.260 e. The van der Waals surface area contributed by atoms with Crippen LogP contribution in [0.1, 0.15) is 16.8 Å². The molecule has 0 bridgehead atoms. The Morgan fingerprint density at radius 3 is 3.00 bits per heavy atom.